The van der Waals surface area contributed by atoms with E-state index in [0.29, 0.717) is 23.8 Å². The Balaban J connectivity index is 1.52. The Kier molecular flexibility index (Phi) is 7.31. The van der Waals surface area contributed by atoms with Crippen LogP contribution >= 0.6 is 0 Å². The van der Waals surface area contributed by atoms with Gasteiger partial charge in [-0.05, 0) is 50.5 Å². The van der Waals surface area contributed by atoms with Crippen molar-refractivity contribution in [2.75, 3.05) is 0 Å². The van der Waals surface area contributed by atoms with Gasteiger partial charge < -0.3 is 0 Å². The number of nitrogens with one attached hydrogen (secondary N) is 1. The number of imidazole rings is 1. The SMILES string of the molecule is CCCCc1cn(-c2c(C(C)=O)cnn2C(C)C)c(=O)n1Cc1ccc(-c2ccccc2-c2nn[nH]n2)cn1. The summed E-state index contributed by atoms with van der Waals surface area (Å²) in [4.78, 5) is 30.9. The number of ketones is 1. The van der Waals surface area contributed by atoms with Gasteiger partial charge in [0.25, 0.3) is 0 Å². The van der Waals surface area contributed by atoms with Crippen LogP contribution in [0.15, 0.2) is 59.8 Å². The van der Waals surface area contributed by atoms with E-state index < -0.39 is 0 Å². The molecule has 0 aliphatic rings. The molecule has 0 amide bonds. The van der Waals surface area contributed by atoms with E-state index in [4.69, 9.17) is 4.98 Å². The molecule has 4 heterocycles. The third-order valence-corrected chi connectivity index (χ3v) is 6.68. The summed E-state index contributed by atoms with van der Waals surface area (Å²) in [5.41, 5.74) is 4.52. The molecule has 5 aromatic rings. The van der Waals surface area contributed by atoms with Crippen LogP contribution in [0.5, 0.6) is 0 Å². The molecule has 11 heteroatoms. The third kappa shape index (κ3) is 5.07. The van der Waals surface area contributed by atoms with Gasteiger partial charge in [-0.3, -0.25) is 18.9 Å². The van der Waals surface area contributed by atoms with Gasteiger partial charge in [-0.15, -0.1) is 10.2 Å². The van der Waals surface area contributed by atoms with Gasteiger partial charge in [0.2, 0.25) is 5.82 Å². The Morgan fingerprint density at radius 3 is 2.51 bits per heavy atom. The lowest BCUT2D eigenvalue weighted by atomic mass is 10.0. The fourth-order valence-electron chi connectivity index (χ4n) is 4.67. The normalized spacial score (nSPS) is 11.4. The van der Waals surface area contributed by atoms with Gasteiger partial charge in [-0.1, -0.05) is 43.7 Å². The first kappa shape index (κ1) is 26.0. The number of aromatic amines is 1. The minimum absolute atomic E-state index is 0.0213. The van der Waals surface area contributed by atoms with Gasteiger partial charge in [-0.25, -0.2) is 9.48 Å². The zero-order valence-corrected chi connectivity index (χ0v) is 22.5. The molecule has 0 bridgehead atoms. The minimum Gasteiger partial charge on any atom is -0.294 e. The second-order valence-electron chi connectivity index (χ2n) is 9.76. The summed E-state index contributed by atoms with van der Waals surface area (Å²) in [7, 11) is 0. The van der Waals surface area contributed by atoms with Crippen molar-refractivity contribution in [1.29, 1.82) is 0 Å². The summed E-state index contributed by atoms with van der Waals surface area (Å²) in [5.74, 6) is 0.874. The van der Waals surface area contributed by atoms with Crippen molar-refractivity contribution in [2.24, 2.45) is 0 Å². The van der Waals surface area contributed by atoms with Gasteiger partial charge in [0.1, 0.15) is 5.82 Å². The largest absolute Gasteiger partial charge is 0.334 e. The summed E-state index contributed by atoms with van der Waals surface area (Å²) >= 11 is 0. The molecule has 1 N–H and O–H groups in total. The highest BCUT2D eigenvalue weighted by Gasteiger charge is 2.23. The number of H-pyrrole nitrogens is 1. The average Bonchev–Trinajstić information content (AvgIpc) is 3.68. The maximum absolute atomic E-state index is 13.8. The monoisotopic (exact) mass is 525 g/mol. The van der Waals surface area contributed by atoms with Crippen LogP contribution in [-0.4, -0.2) is 50.3 Å². The third-order valence-electron chi connectivity index (χ3n) is 6.68. The van der Waals surface area contributed by atoms with E-state index in [1.165, 1.54) is 6.92 Å². The first-order valence-corrected chi connectivity index (χ1v) is 13.1. The summed E-state index contributed by atoms with van der Waals surface area (Å²) in [6, 6.07) is 11.7. The van der Waals surface area contributed by atoms with Crippen LogP contribution in [0.2, 0.25) is 0 Å². The number of hydrogen-bond acceptors (Lipinski definition) is 7. The molecular formula is C28H31N9O2. The number of rotatable bonds is 10. The molecule has 0 saturated carbocycles. The number of nitrogens with zero attached hydrogens (tertiary/aromatic N) is 8. The van der Waals surface area contributed by atoms with Gasteiger partial charge in [0, 0.05) is 35.3 Å². The van der Waals surface area contributed by atoms with Crippen LogP contribution in [-0.2, 0) is 13.0 Å². The Bertz CT molecular complexity index is 1640. The summed E-state index contributed by atoms with van der Waals surface area (Å²) in [6.07, 6.45) is 7.85. The molecule has 0 aliphatic heterocycles. The van der Waals surface area contributed by atoms with Crippen molar-refractivity contribution in [3.63, 3.8) is 0 Å². The maximum Gasteiger partial charge on any atom is 0.334 e. The zero-order valence-electron chi connectivity index (χ0n) is 22.5. The van der Waals surface area contributed by atoms with Crippen LogP contribution in [0.1, 0.15) is 68.3 Å². The quantitative estimate of drug-likeness (QED) is 0.270. The van der Waals surface area contributed by atoms with Crippen LogP contribution in [0, 0.1) is 0 Å². The molecule has 0 unspecified atom stereocenters. The van der Waals surface area contributed by atoms with Gasteiger partial charge in [-0.2, -0.15) is 10.3 Å². The van der Waals surface area contributed by atoms with Crippen molar-refractivity contribution in [2.45, 2.75) is 59.5 Å². The smallest absolute Gasteiger partial charge is 0.294 e. The molecule has 0 atom stereocenters. The number of tetrazole rings is 1. The number of hydrogen-bond donors (Lipinski definition) is 1. The number of pyridine rings is 1. The van der Waals surface area contributed by atoms with Crippen LogP contribution in [0.3, 0.4) is 0 Å². The summed E-state index contributed by atoms with van der Waals surface area (Å²) in [6.45, 7) is 7.87. The molecule has 5 rings (SSSR count). The summed E-state index contributed by atoms with van der Waals surface area (Å²) < 4.78 is 5.02. The summed E-state index contributed by atoms with van der Waals surface area (Å²) in [5, 5.41) is 18.8. The number of carbonyl (C=O) groups is 1. The second-order valence-corrected chi connectivity index (χ2v) is 9.76. The molecule has 11 nitrogen and oxygen atoms in total. The highest BCUT2D eigenvalue weighted by atomic mass is 16.2. The average molecular weight is 526 g/mol. The van der Waals surface area contributed by atoms with Crippen molar-refractivity contribution in [3.05, 3.63) is 82.4 Å². The molecule has 4 aromatic heterocycles. The van der Waals surface area contributed by atoms with E-state index in [0.717, 1.165) is 47.3 Å². The van der Waals surface area contributed by atoms with E-state index in [1.54, 1.807) is 26.2 Å². The first-order valence-electron chi connectivity index (χ1n) is 13.1. The molecule has 0 spiro atoms. The van der Waals surface area contributed by atoms with Crippen molar-refractivity contribution >= 4 is 5.78 Å². The fourth-order valence-corrected chi connectivity index (χ4v) is 4.67. The number of aryl methyl sites for hydroxylation is 1. The molecule has 200 valence electrons. The highest BCUT2D eigenvalue weighted by molar-refractivity contribution is 5.97. The highest BCUT2D eigenvalue weighted by Crippen LogP contribution is 2.29. The molecule has 0 fully saturated rings. The van der Waals surface area contributed by atoms with Gasteiger partial charge in [0.15, 0.2) is 5.78 Å². The predicted octanol–water partition coefficient (Wildman–Crippen LogP) is 4.25. The molecule has 0 saturated heterocycles. The van der Waals surface area contributed by atoms with Crippen molar-refractivity contribution in [3.8, 4) is 28.3 Å². The molecule has 0 radical (unpaired) electrons. The number of aromatic nitrogens is 9. The van der Waals surface area contributed by atoms with E-state index in [9.17, 15) is 9.59 Å². The maximum atomic E-state index is 13.8. The number of benzene rings is 1. The Morgan fingerprint density at radius 1 is 1.08 bits per heavy atom. The predicted molar refractivity (Wildman–Crippen MR) is 147 cm³/mol. The molecular weight excluding hydrogens is 494 g/mol. The van der Waals surface area contributed by atoms with Crippen LogP contribution in [0.4, 0.5) is 0 Å². The molecule has 39 heavy (non-hydrogen) atoms. The topological polar surface area (TPSA) is 129 Å². The molecule has 1 aromatic carbocycles. The van der Waals surface area contributed by atoms with Crippen LogP contribution < -0.4 is 5.69 Å². The van der Waals surface area contributed by atoms with E-state index >= 15 is 0 Å². The lowest BCUT2D eigenvalue weighted by Gasteiger charge is -2.12. The fraction of sp³-hybridized carbons (Fsp3) is 0.321. The van der Waals surface area contributed by atoms with E-state index in [1.807, 2.05) is 56.4 Å². The number of carbonyl (C=O) groups excluding carboxylic acids is 1. The van der Waals surface area contributed by atoms with Gasteiger partial charge in [0.05, 0.1) is 24.0 Å². The van der Waals surface area contributed by atoms with E-state index in [2.05, 4.69) is 32.6 Å². The number of unbranched alkanes of at least 4 members (excludes halogenated alkanes) is 1. The van der Waals surface area contributed by atoms with Crippen molar-refractivity contribution in [1.82, 2.24) is 44.5 Å². The van der Waals surface area contributed by atoms with Crippen LogP contribution in [0.25, 0.3) is 28.3 Å². The van der Waals surface area contributed by atoms with Crippen molar-refractivity contribution < 1.29 is 4.79 Å². The lowest BCUT2D eigenvalue weighted by Crippen LogP contribution is -2.27. The lowest BCUT2D eigenvalue weighted by molar-refractivity contribution is 0.101. The first-order chi connectivity index (χ1) is 18.9. The Labute approximate surface area is 225 Å². The number of Topliss-reactive ketones (excluding diaryl/α,β-unsaturated/α-hetero) is 1. The Morgan fingerprint density at radius 2 is 1.87 bits per heavy atom. The van der Waals surface area contributed by atoms with Gasteiger partial charge >= 0.3 is 5.69 Å². The Hall–Kier alpha value is -4.67. The minimum atomic E-state index is -0.223. The zero-order chi connectivity index (χ0) is 27.5. The van der Waals surface area contributed by atoms with E-state index in [-0.39, 0.29) is 17.5 Å². The second kappa shape index (κ2) is 11.0. The standard InChI is InChI=1S/C28H31N9O2/c1-5-6-9-22-17-36(27-25(19(4)38)15-30-37(27)18(2)3)28(39)35(22)16-21-13-12-20(14-29-21)23-10-7-8-11-24(23)26-31-33-34-32-26/h7-8,10-15,17-18H,5-6,9,16H2,1-4H3,(H,31,32,33,34). The molecule has 0 aliphatic carbocycles.